The van der Waals surface area contributed by atoms with Gasteiger partial charge in [-0.2, -0.15) is 0 Å². The quantitative estimate of drug-likeness (QED) is 0.794. The predicted molar refractivity (Wildman–Crippen MR) is 69.1 cm³/mol. The molecule has 1 aliphatic heterocycles. The Balaban J connectivity index is 2.27. The molecule has 0 aromatic heterocycles. The second kappa shape index (κ2) is 4.77. The van der Waals surface area contributed by atoms with E-state index in [-0.39, 0.29) is 17.9 Å². The third kappa shape index (κ3) is 2.59. The van der Waals surface area contributed by atoms with Crippen LogP contribution in [0.4, 0.5) is 9.18 Å². The van der Waals surface area contributed by atoms with Crippen LogP contribution in [0.2, 0.25) is 0 Å². The van der Waals surface area contributed by atoms with E-state index in [1.165, 1.54) is 13.2 Å². The van der Waals surface area contributed by atoms with E-state index < -0.39 is 23.4 Å². The van der Waals surface area contributed by atoms with Gasteiger partial charge in [-0.15, -0.1) is 0 Å². The number of hydrogen-bond acceptors (Lipinski definition) is 4. The number of rotatable bonds is 1. The minimum absolute atomic E-state index is 0.0441. The monoisotopic (exact) mass is 281 g/mol. The first-order valence-electron chi connectivity index (χ1n) is 6.14. The second-order valence-corrected chi connectivity index (χ2v) is 5.52. The van der Waals surface area contributed by atoms with Crippen molar-refractivity contribution in [2.24, 2.45) is 0 Å². The van der Waals surface area contributed by atoms with Crippen LogP contribution in [0.1, 0.15) is 36.7 Å². The molecule has 2 rings (SSSR count). The van der Waals surface area contributed by atoms with Gasteiger partial charge < -0.3 is 9.47 Å². The molecule has 2 amide bonds. The van der Waals surface area contributed by atoms with E-state index in [4.69, 9.17) is 9.47 Å². The number of halogens is 1. The van der Waals surface area contributed by atoms with Gasteiger partial charge >= 0.3 is 6.09 Å². The third-order valence-corrected chi connectivity index (χ3v) is 2.80. The zero-order chi connectivity index (χ0) is 15.1. The molecular formula is C14H16FNO4. The molecule has 5 nitrogen and oxygen atoms in total. The minimum Gasteiger partial charge on any atom is -0.494 e. The summed E-state index contributed by atoms with van der Waals surface area (Å²) >= 11 is 0. The molecule has 0 bridgehead atoms. The van der Waals surface area contributed by atoms with E-state index in [9.17, 15) is 14.0 Å². The summed E-state index contributed by atoms with van der Waals surface area (Å²) < 4.78 is 23.6. The standard InChI is InChI=1S/C14H16FNO4/c1-14(2,3)20-13(18)16-7-8-5-11(19-4)10(15)6-9(8)12(16)17/h5-6H,7H2,1-4H3. The van der Waals surface area contributed by atoms with E-state index in [2.05, 4.69) is 0 Å². The van der Waals surface area contributed by atoms with Crippen LogP contribution in [0.3, 0.4) is 0 Å². The first-order valence-corrected chi connectivity index (χ1v) is 6.14. The van der Waals surface area contributed by atoms with Crippen molar-refractivity contribution >= 4 is 12.0 Å². The summed E-state index contributed by atoms with van der Waals surface area (Å²) in [6, 6.07) is 2.51. The van der Waals surface area contributed by atoms with Crippen molar-refractivity contribution in [3.63, 3.8) is 0 Å². The molecule has 20 heavy (non-hydrogen) atoms. The van der Waals surface area contributed by atoms with Crippen LogP contribution in [0.25, 0.3) is 0 Å². The fourth-order valence-corrected chi connectivity index (χ4v) is 1.93. The number of imide groups is 1. The summed E-state index contributed by atoms with van der Waals surface area (Å²) in [5.74, 6) is -1.15. The summed E-state index contributed by atoms with van der Waals surface area (Å²) in [5.41, 5.74) is 0.00277. The van der Waals surface area contributed by atoms with Crippen LogP contribution >= 0.6 is 0 Å². The summed E-state index contributed by atoms with van der Waals surface area (Å²) in [6.45, 7) is 5.18. The first-order chi connectivity index (χ1) is 9.23. The Labute approximate surface area is 116 Å². The fourth-order valence-electron chi connectivity index (χ4n) is 1.93. The number of hydrogen-bond donors (Lipinski definition) is 0. The average Bonchev–Trinajstić information content (AvgIpc) is 2.63. The highest BCUT2D eigenvalue weighted by molar-refractivity contribution is 6.06. The summed E-state index contributed by atoms with van der Waals surface area (Å²) in [6.07, 6.45) is -0.738. The zero-order valence-corrected chi connectivity index (χ0v) is 11.8. The molecule has 0 spiro atoms. The Morgan fingerprint density at radius 1 is 1.35 bits per heavy atom. The van der Waals surface area contributed by atoms with Gasteiger partial charge in [0.1, 0.15) is 5.60 Å². The Bertz CT molecular complexity index is 577. The molecule has 1 aromatic rings. The van der Waals surface area contributed by atoms with Crippen LogP contribution in [0.5, 0.6) is 5.75 Å². The normalized spacial score (nSPS) is 14.2. The molecule has 108 valence electrons. The molecule has 0 atom stereocenters. The molecule has 0 aliphatic carbocycles. The van der Waals surface area contributed by atoms with Gasteiger partial charge in [-0.1, -0.05) is 0 Å². The van der Waals surface area contributed by atoms with E-state index in [0.29, 0.717) is 5.56 Å². The highest BCUT2D eigenvalue weighted by Crippen LogP contribution is 2.30. The molecule has 0 saturated carbocycles. The zero-order valence-electron chi connectivity index (χ0n) is 11.8. The van der Waals surface area contributed by atoms with Gasteiger partial charge in [-0.05, 0) is 38.5 Å². The molecule has 0 saturated heterocycles. The minimum atomic E-state index is -0.738. The largest absolute Gasteiger partial charge is 0.494 e. The lowest BCUT2D eigenvalue weighted by Crippen LogP contribution is -2.36. The lowest BCUT2D eigenvalue weighted by atomic mass is 10.1. The summed E-state index contributed by atoms with van der Waals surface area (Å²) in [7, 11) is 1.34. The molecule has 1 aliphatic rings. The first kappa shape index (κ1) is 14.3. The second-order valence-electron chi connectivity index (χ2n) is 5.52. The number of nitrogens with zero attached hydrogens (tertiary/aromatic N) is 1. The Morgan fingerprint density at radius 2 is 2.00 bits per heavy atom. The van der Waals surface area contributed by atoms with Crippen LogP contribution in [-0.4, -0.2) is 29.6 Å². The van der Waals surface area contributed by atoms with Crippen molar-refractivity contribution in [3.8, 4) is 5.75 Å². The molecule has 0 N–H and O–H groups in total. The highest BCUT2D eigenvalue weighted by Gasteiger charge is 2.36. The lowest BCUT2D eigenvalue weighted by molar-refractivity contribution is 0.0248. The van der Waals surface area contributed by atoms with E-state index in [1.807, 2.05) is 0 Å². The van der Waals surface area contributed by atoms with Crippen molar-refractivity contribution in [3.05, 3.63) is 29.1 Å². The van der Waals surface area contributed by atoms with Crippen molar-refractivity contribution in [2.75, 3.05) is 7.11 Å². The number of amides is 2. The third-order valence-electron chi connectivity index (χ3n) is 2.80. The molecule has 1 aromatic carbocycles. The molecule has 0 fully saturated rings. The van der Waals surface area contributed by atoms with Gasteiger partial charge in [0.15, 0.2) is 11.6 Å². The van der Waals surface area contributed by atoms with Crippen molar-refractivity contribution in [2.45, 2.75) is 32.9 Å². The Hall–Kier alpha value is -2.11. The van der Waals surface area contributed by atoms with Gasteiger partial charge in [-0.3, -0.25) is 4.79 Å². The van der Waals surface area contributed by atoms with Crippen LogP contribution in [0, 0.1) is 5.82 Å². The molecule has 6 heteroatoms. The molecule has 0 unspecified atom stereocenters. The van der Waals surface area contributed by atoms with Gasteiger partial charge in [-0.25, -0.2) is 14.1 Å². The SMILES string of the molecule is COc1cc2c(cc1F)C(=O)N(C(=O)OC(C)(C)C)C2. The molecule has 0 radical (unpaired) electrons. The topological polar surface area (TPSA) is 55.8 Å². The van der Waals surface area contributed by atoms with E-state index in [0.717, 1.165) is 11.0 Å². The maximum absolute atomic E-state index is 13.6. The van der Waals surface area contributed by atoms with E-state index in [1.54, 1.807) is 20.8 Å². The maximum atomic E-state index is 13.6. The molecule has 1 heterocycles. The van der Waals surface area contributed by atoms with Crippen LogP contribution in [0.15, 0.2) is 12.1 Å². The number of benzene rings is 1. The summed E-state index contributed by atoms with van der Waals surface area (Å²) in [4.78, 5) is 25.0. The molecular weight excluding hydrogens is 265 g/mol. The number of methoxy groups -OCH3 is 1. The van der Waals surface area contributed by atoms with Gasteiger partial charge in [0, 0.05) is 5.56 Å². The Morgan fingerprint density at radius 3 is 2.55 bits per heavy atom. The number of carbonyl (C=O) groups excluding carboxylic acids is 2. The maximum Gasteiger partial charge on any atom is 0.417 e. The van der Waals surface area contributed by atoms with Crippen molar-refractivity contribution in [1.29, 1.82) is 0 Å². The fraction of sp³-hybridized carbons (Fsp3) is 0.429. The number of ether oxygens (including phenoxy) is 2. The highest BCUT2D eigenvalue weighted by atomic mass is 19.1. The van der Waals surface area contributed by atoms with Crippen LogP contribution < -0.4 is 4.74 Å². The number of carbonyl (C=O) groups is 2. The number of fused-ring (bicyclic) bond motifs is 1. The lowest BCUT2D eigenvalue weighted by Gasteiger charge is -2.23. The van der Waals surface area contributed by atoms with Gasteiger partial charge in [0.05, 0.1) is 13.7 Å². The van der Waals surface area contributed by atoms with Crippen molar-refractivity contribution < 1.29 is 23.5 Å². The average molecular weight is 281 g/mol. The predicted octanol–water partition coefficient (Wildman–Crippen LogP) is 2.73. The summed E-state index contributed by atoms with van der Waals surface area (Å²) in [5, 5.41) is 0. The van der Waals surface area contributed by atoms with Gasteiger partial charge in [0.25, 0.3) is 5.91 Å². The van der Waals surface area contributed by atoms with Gasteiger partial charge in [0.2, 0.25) is 0 Å². The van der Waals surface area contributed by atoms with Crippen LogP contribution in [-0.2, 0) is 11.3 Å². The van der Waals surface area contributed by atoms with E-state index >= 15 is 0 Å². The smallest absolute Gasteiger partial charge is 0.417 e. The van der Waals surface area contributed by atoms with Crippen molar-refractivity contribution in [1.82, 2.24) is 4.90 Å². The Kier molecular flexibility index (Phi) is 3.41.